The smallest absolute Gasteiger partial charge is 0.167 e. The van der Waals surface area contributed by atoms with Crippen molar-refractivity contribution in [3.63, 3.8) is 0 Å². The summed E-state index contributed by atoms with van der Waals surface area (Å²) in [6, 6.07) is 15.2. The van der Waals surface area contributed by atoms with Crippen molar-refractivity contribution in [1.29, 1.82) is 0 Å². The molecule has 0 amide bonds. The minimum absolute atomic E-state index is 0.131. The SMILES string of the molecule is CCCCCOc1ccc(C(=O)[C@H](CC[C@H](CN2CCOCC2)C(=O)c2ccc(OCCCCC)cc2)CN2CCOCC2)cc1. The van der Waals surface area contributed by atoms with E-state index in [9.17, 15) is 9.59 Å². The van der Waals surface area contributed by atoms with Crippen molar-refractivity contribution in [2.24, 2.45) is 11.8 Å². The molecule has 2 heterocycles. The molecule has 2 aromatic rings. The van der Waals surface area contributed by atoms with Gasteiger partial charge in [-0.05, 0) is 74.2 Å². The number of unbranched alkanes of at least 4 members (excludes halogenated alkanes) is 4. The highest BCUT2D eigenvalue weighted by Crippen LogP contribution is 2.25. The summed E-state index contributed by atoms with van der Waals surface area (Å²) in [6.45, 7) is 13.1. The van der Waals surface area contributed by atoms with Crippen LogP contribution < -0.4 is 9.47 Å². The summed E-state index contributed by atoms with van der Waals surface area (Å²) >= 11 is 0. The zero-order valence-electron chi connectivity index (χ0n) is 28.3. The number of Topliss-reactive ketones (excluding diaryl/α,β-unsaturated/α-hetero) is 2. The summed E-state index contributed by atoms with van der Waals surface area (Å²) in [5, 5.41) is 0. The lowest BCUT2D eigenvalue weighted by Crippen LogP contribution is -2.42. The van der Waals surface area contributed by atoms with Crippen LogP contribution in [0.15, 0.2) is 48.5 Å². The third-order valence-corrected chi connectivity index (χ3v) is 9.08. The third-order valence-electron chi connectivity index (χ3n) is 9.08. The Bertz CT molecular complexity index is 1050. The summed E-state index contributed by atoms with van der Waals surface area (Å²) in [4.78, 5) is 32.7. The van der Waals surface area contributed by atoms with Gasteiger partial charge in [-0.15, -0.1) is 0 Å². The molecule has 2 atom stereocenters. The van der Waals surface area contributed by atoms with Crippen LogP contribution in [-0.2, 0) is 9.47 Å². The lowest BCUT2D eigenvalue weighted by Gasteiger charge is -2.32. The quantitative estimate of drug-likeness (QED) is 0.113. The molecule has 8 heteroatoms. The summed E-state index contributed by atoms with van der Waals surface area (Å²) in [5.74, 6) is 1.43. The third kappa shape index (κ3) is 12.1. The highest BCUT2D eigenvalue weighted by Gasteiger charge is 2.29. The Morgan fingerprint density at radius 3 is 1.33 bits per heavy atom. The maximum Gasteiger partial charge on any atom is 0.167 e. The molecule has 0 aromatic heterocycles. The second-order valence-electron chi connectivity index (χ2n) is 12.7. The van der Waals surface area contributed by atoms with E-state index >= 15 is 0 Å². The van der Waals surface area contributed by atoms with Gasteiger partial charge in [-0.1, -0.05) is 39.5 Å². The molecule has 4 rings (SSSR count). The van der Waals surface area contributed by atoms with Gasteiger partial charge in [-0.25, -0.2) is 0 Å². The van der Waals surface area contributed by atoms with E-state index in [0.29, 0.717) is 76.7 Å². The van der Waals surface area contributed by atoms with Gasteiger partial charge in [-0.2, -0.15) is 0 Å². The molecule has 0 aliphatic carbocycles. The highest BCUT2D eigenvalue weighted by molar-refractivity contribution is 5.99. The molecule has 2 fully saturated rings. The molecular formula is C38H56N2O6. The van der Waals surface area contributed by atoms with Gasteiger partial charge in [0.25, 0.3) is 0 Å². The predicted octanol–water partition coefficient (Wildman–Crippen LogP) is 6.57. The highest BCUT2D eigenvalue weighted by atomic mass is 16.5. The van der Waals surface area contributed by atoms with E-state index in [1.54, 1.807) is 0 Å². The first-order valence-electron chi connectivity index (χ1n) is 17.7. The van der Waals surface area contributed by atoms with Crippen LogP contribution in [0.3, 0.4) is 0 Å². The number of hydrogen-bond acceptors (Lipinski definition) is 8. The molecule has 0 N–H and O–H groups in total. The van der Waals surface area contributed by atoms with Crippen molar-refractivity contribution >= 4 is 11.6 Å². The zero-order valence-corrected chi connectivity index (χ0v) is 28.3. The lowest BCUT2D eigenvalue weighted by atomic mass is 9.86. The van der Waals surface area contributed by atoms with Crippen molar-refractivity contribution in [1.82, 2.24) is 9.80 Å². The number of ketones is 2. The largest absolute Gasteiger partial charge is 0.494 e. The average molecular weight is 637 g/mol. The van der Waals surface area contributed by atoms with Gasteiger partial charge >= 0.3 is 0 Å². The number of morpholine rings is 2. The Hall–Kier alpha value is -2.78. The van der Waals surface area contributed by atoms with Gasteiger partial charge in [-0.3, -0.25) is 19.4 Å². The molecule has 0 spiro atoms. The van der Waals surface area contributed by atoms with Gasteiger partial charge in [0, 0.05) is 62.2 Å². The summed E-state index contributed by atoms with van der Waals surface area (Å²) < 4.78 is 22.9. The van der Waals surface area contributed by atoms with Crippen molar-refractivity contribution in [3.8, 4) is 11.5 Å². The van der Waals surface area contributed by atoms with Crippen LogP contribution in [0.2, 0.25) is 0 Å². The average Bonchev–Trinajstić information content (AvgIpc) is 3.10. The van der Waals surface area contributed by atoms with Crippen molar-refractivity contribution in [3.05, 3.63) is 59.7 Å². The molecule has 2 aliphatic rings. The van der Waals surface area contributed by atoms with E-state index < -0.39 is 0 Å². The maximum absolute atomic E-state index is 14.0. The van der Waals surface area contributed by atoms with E-state index in [2.05, 4.69) is 23.6 Å². The fraction of sp³-hybridized carbons (Fsp3) is 0.632. The van der Waals surface area contributed by atoms with E-state index in [-0.39, 0.29) is 23.4 Å². The first-order chi connectivity index (χ1) is 22.6. The summed E-state index contributed by atoms with van der Waals surface area (Å²) in [7, 11) is 0. The Labute approximate surface area is 276 Å². The fourth-order valence-electron chi connectivity index (χ4n) is 6.19. The first-order valence-corrected chi connectivity index (χ1v) is 17.7. The molecular weight excluding hydrogens is 580 g/mol. The zero-order chi connectivity index (χ0) is 32.4. The second-order valence-corrected chi connectivity index (χ2v) is 12.7. The van der Waals surface area contributed by atoms with Crippen LogP contribution in [0.4, 0.5) is 0 Å². The number of benzene rings is 2. The second kappa shape index (κ2) is 20.5. The molecule has 8 nitrogen and oxygen atoms in total. The van der Waals surface area contributed by atoms with E-state index in [4.69, 9.17) is 18.9 Å². The maximum atomic E-state index is 14.0. The molecule has 2 aliphatic heterocycles. The van der Waals surface area contributed by atoms with Crippen LogP contribution in [0.1, 0.15) is 85.9 Å². The topological polar surface area (TPSA) is 77.5 Å². The molecule has 0 unspecified atom stereocenters. The molecule has 254 valence electrons. The van der Waals surface area contributed by atoms with Gasteiger partial charge in [0.15, 0.2) is 11.6 Å². The lowest BCUT2D eigenvalue weighted by molar-refractivity contribution is 0.0254. The summed E-state index contributed by atoms with van der Waals surface area (Å²) in [5.41, 5.74) is 1.40. The molecule has 46 heavy (non-hydrogen) atoms. The fourth-order valence-corrected chi connectivity index (χ4v) is 6.19. The van der Waals surface area contributed by atoms with Crippen molar-refractivity contribution in [2.75, 3.05) is 78.9 Å². The number of rotatable bonds is 21. The van der Waals surface area contributed by atoms with Gasteiger partial charge in [0.1, 0.15) is 11.5 Å². The Morgan fingerprint density at radius 2 is 0.978 bits per heavy atom. The predicted molar refractivity (Wildman–Crippen MR) is 182 cm³/mol. The first kappa shape index (κ1) is 36.1. The van der Waals surface area contributed by atoms with Gasteiger partial charge < -0.3 is 18.9 Å². The normalized spacial score (nSPS) is 17.3. The minimum Gasteiger partial charge on any atom is -0.494 e. The Morgan fingerprint density at radius 1 is 0.609 bits per heavy atom. The molecule has 2 saturated heterocycles. The molecule has 2 aromatic carbocycles. The molecule has 0 radical (unpaired) electrons. The van der Waals surface area contributed by atoms with E-state index in [1.165, 1.54) is 0 Å². The van der Waals surface area contributed by atoms with Crippen LogP contribution in [0, 0.1) is 11.8 Å². The Balaban J connectivity index is 1.45. The summed E-state index contributed by atoms with van der Waals surface area (Å²) in [6.07, 6.45) is 7.94. The van der Waals surface area contributed by atoms with Crippen LogP contribution in [0.5, 0.6) is 11.5 Å². The standard InChI is InChI=1S/C38H56N2O6/c1-3-5-7-23-45-35-15-11-31(12-16-35)37(41)33(29-39-19-25-43-26-20-39)9-10-34(30-40-21-27-44-28-22-40)38(42)32-13-17-36(18-14-32)46-24-8-6-4-2/h11-18,33-34H,3-10,19-30H2,1-2H3/t33-,34-/m1/s1. The monoisotopic (exact) mass is 636 g/mol. The molecule has 0 bridgehead atoms. The van der Waals surface area contributed by atoms with Crippen LogP contribution in [0.25, 0.3) is 0 Å². The van der Waals surface area contributed by atoms with Gasteiger partial charge in [0.2, 0.25) is 0 Å². The van der Waals surface area contributed by atoms with Crippen LogP contribution >= 0.6 is 0 Å². The van der Waals surface area contributed by atoms with Crippen LogP contribution in [-0.4, -0.2) is 100 Å². The number of carbonyl (C=O) groups is 2. The van der Waals surface area contributed by atoms with E-state index in [1.807, 2.05) is 48.5 Å². The van der Waals surface area contributed by atoms with E-state index in [0.717, 1.165) is 76.2 Å². The number of nitrogens with zero attached hydrogens (tertiary/aromatic N) is 2. The number of ether oxygens (including phenoxy) is 4. The molecule has 0 saturated carbocycles. The van der Waals surface area contributed by atoms with Crippen molar-refractivity contribution < 1.29 is 28.5 Å². The van der Waals surface area contributed by atoms with Crippen molar-refractivity contribution in [2.45, 2.75) is 65.2 Å². The Kier molecular flexibility index (Phi) is 16.0. The van der Waals surface area contributed by atoms with Gasteiger partial charge in [0.05, 0.1) is 39.6 Å². The minimum atomic E-state index is -0.215. The number of hydrogen-bond donors (Lipinski definition) is 0. The number of carbonyl (C=O) groups excluding carboxylic acids is 2.